The fourth-order valence-corrected chi connectivity index (χ4v) is 4.68. The first-order valence-corrected chi connectivity index (χ1v) is 12.8. The molecule has 1 aliphatic rings. The summed E-state index contributed by atoms with van der Waals surface area (Å²) in [6.07, 6.45) is 1.90. The molecule has 0 bridgehead atoms. The third-order valence-corrected chi connectivity index (χ3v) is 6.89. The molecule has 0 unspecified atom stereocenters. The maximum atomic E-state index is 15.3. The summed E-state index contributed by atoms with van der Waals surface area (Å²) in [4.78, 5) is 20.4. The molecule has 0 fully saturated rings. The van der Waals surface area contributed by atoms with Crippen LogP contribution in [0.4, 0.5) is 21.5 Å². The first-order valence-electron chi connectivity index (χ1n) is 12.8. The molecule has 4 N–H and O–H groups in total. The first kappa shape index (κ1) is 29.3. The van der Waals surface area contributed by atoms with Gasteiger partial charge in [0.2, 0.25) is 0 Å². The zero-order valence-electron chi connectivity index (χ0n) is 23.8. The van der Waals surface area contributed by atoms with E-state index in [1.165, 1.54) is 20.3 Å². The predicted molar refractivity (Wildman–Crippen MR) is 158 cm³/mol. The molecule has 3 rings (SSSR count). The summed E-state index contributed by atoms with van der Waals surface area (Å²) >= 11 is 0. The number of hydrogen-bond acceptors (Lipinski definition) is 7. The van der Waals surface area contributed by atoms with Crippen molar-refractivity contribution < 1.29 is 18.7 Å². The van der Waals surface area contributed by atoms with Gasteiger partial charge in [0.25, 0.3) is 0 Å². The number of ether oxygens (including phenoxy) is 2. The van der Waals surface area contributed by atoms with Crippen molar-refractivity contribution in [2.75, 3.05) is 50.3 Å². The topological polar surface area (TPSA) is 101 Å². The van der Waals surface area contributed by atoms with Crippen molar-refractivity contribution in [3.8, 4) is 11.5 Å². The van der Waals surface area contributed by atoms with Crippen molar-refractivity contribution in [1.29, 1.82) is 0 Å². The molecule has 0 heterocycles. The summed E-state index contributed by atoms with van der Waals surface area (Å²) < 4.78 is 25.7. The van der Waals surface area contributed by atoms with Crippen LogP contribution < -0.4 is 30.7 Å². The molecule has 2 aromatic rings. The van der Waals surface area contributed by atoms with E-state index in [9.17, 15) is 4.79 Å². The number of Topliss-reactive ketones (excluding diaryl/α,β-unsaturated/α-hetero) is 1. The minimum absolute atomic E-state index is 0.0595. The minimum Gasteiger partial charge on any atom is -0.496 e. The summed E-state index contributed by atoms with van der Waals surface area (Å²) in [6.45, 7) is 13.6. The molecule has 2 aromatic carbocycles. The van der Waals surface area contributed by atoms with E-state index in [0.717, 1.165) is 30.0 Å². The SMILES string of the molecule is C=C1C(NC)=C(C(=O)c2c(C)c(OC)cc(OC)c2F)C/C1=C/N=C(C)Nc1ccc(N(CC)CC)cc1N. The molecule has 208 valence electrons. The minimum atomic E-state index is -0.727. The van der Waals surface area contributed by atoms with Gasteiger partial charge in [0.1, 0.15) is 11.6 Å². The van der Waals surface area contributed by atoms with Crippen LogP contribution in [0.5, 0.6) is 11.5 Å². The molecule has 9 heteroatoms. The van der Waals surface area contributed by atoms with Crippen molar-refractivity contribution in [2.24, 2.45) is 4.99 Å². The van der Waals surface area contributed by atoms with Crippen LogP contribution in [0.3, 0.4) is 0 Å². The van der Waals surface area contributed by atoms with E-state index < -0.39 is 11.6 Å². The Morgan fingerprint density at radius 1 is 1.21 bits per heavy atom. The second-order valence-electron chi connectivity index (χ2n) is 9.12. The van der Waals surface area contributed by atoms with Crippen molar-refractivity contribution in [2.45, 2.75) is 34.1 Å². The van der Waals surface area contributed by atoms with Crippen molar-refractivity contribution in [3.05, 3.63) is 76.4 Å². The number of nitrogen functional groups attached to an aromatic ring is 1. The number of likely N-dealkylation sites (N-methyl/N-ethyl adjacent to an activating group) is 1. The van der Waals surface area contributed by atoms with Crippen LogP contribution in [-0.2, 0) is 0 Å². The number of hydrogen-bond donors (Lipinski definition) is 3. The predicted octanol–water partition coefficient (Wildman–Crippen LogP) is 5.61. The van der Waals surface area contributed by atoms with E-state index in [1.54, 1.807) is 20.2 Å². The molecule has 0 aromatic heterocycles. The Hall–Kier alpha value is -4.27. The van der Waals surface area contributed by atoms with E-state index in [4.69, 9.17) is 15.2 Å². The molecule has 0 saturated heterocycles. The van der Waals surface area contributed by atoms with Gasteiger partial charge >= 0.3 is 0 Å². The molecule has 8 nitrogen and oxygen atoms in total. The lowest BCUT2D eigenvalue weighted by Gasteiger charge is -2.22. The maximum Gasteiger partial charge on any atom is 0.194 e. The van der Waals surface area contributed by atoms with E-state index in [1.807, 2.05) is 25.1 Å². The van der Waals surface area contributed by atoms with Gasteiger partial charge in [0.15, 0.2) is 17.3 Å². The van der Waals surface area contributed by atoms with Gasteiger partial charge in [-0.05, 0) is 57.0 Å². The van der Waals surface area contributed by atoms with Crippen LogP contribution in [0.15, 0.2) is 64.5 Å². The Kier molecular flexibility index (Phi) is 9.40. The highest BCUT2D eigenvalue weighted by atomic mass is 19.1. The van der Waals surface area contributed by atoms with Gasteiger partial charge in [-0.3, -0.25) is 4.79 Å². The zero-order chi connectivity index (χ0) is 28.9. The molecule has 0 amide bonds. The van der Waals surface area contributed by atoms with Gasteiger partial charge in [-0.2, -0.15) is 0 Å². The van der Waals surface area contributed by atoms with Crippen LogP contribution in [0.25, 0.3) is 0 Å². The fourth-order valence-electron chi connectivity index (χ4n) is 4.68. The second kappa shape index (κ2) is 12.5. The molecule has 39 heavy (non-hydrogen) atoms. The molecule has 0 spiro atoms. The number of nitrogens with zero attached hydrogens (tertiary/aromatic N) is 2. The summed E-state index contributed by atoms with van der Waals surface area (Å²) in [5.74, 6) is -0.268. The number of rotatable bonds is 10. The van der Waals surface area contributed by atoms with Crippen molar-refractivity contribution in [3.63, 3.8) is 0 Å². The van der Waals surface area contributed by atoms with Crippen LogP contribution in [0.2, 0.25) is 0 Å². The molecule has 0 atom stereocenters. The Bertz CT molecular complexity index is 1340. The van der Waals surface area contributed by atoms with Gasteiger partial charge in [-0.25, -0.2) is 9.38 Å². The number of methoxy groups -OCH3 is 2. The van der Waals surface area contributed by atoms with Gasteiger partial charge in [0.05, 0.1) is 31.2 Å². The van der Waals surface area contributed by atoms with E-state index in [2.05, 4.69) is 41.0 Å². The van der Waals surface area contributed by atoms with Gasteiger partial charge in [-0.1, -0.05) is 6.58 Å². The average molecular weight is 536 g/mol. The van der Waals surface area contributed by atoms with E-state index >= 15 is 4.39 Å². The molecular formula is C30H38FN5O3. The molecule has 1 aliphatic carbocycles. The third-order valence-electron chi connectivity index (χ3n) is 6.89. The number of nitrogens with two attached hydrogens (primary N) is 1. The Labute approximate surface area is 230 Å². The van der Waals surface area contributed by atoms with Crippen LogP contribution in [-0.4, -0.2) is 46.0 Å². The van der Waals surface area contributed by atoms with Crippen LogP contribution >= 0.6 is 0 Å². The molecular weight excluding hydrogens is 497 g/mol. The first-order chi connectivity index (χ1) is 18.6. The number of aliphatic imine (C=N–C) groups is 1. The number of carbonyl (C=O) groups excluding carboxylic acids is 1. The summed E-state index contributed by atoms with van der Waals surface area (Å²) in [7, 11) is 4.51. The van der Waals surface area contributed by atoms with E-state index in [-0.39, 0.29) is 17.7 Å². The maximum absolute atomic E-state index is 15.3. The normalized spacial score (nSPS) is 14.6. The lowest BCUT2D eigenvalue weighted by molar-refractivity contribution is 0.102. The highest BCUT2D eigenvalue weighted by Crippen LogP contribution is 2.39. The summed E-state index contributed by atoms with van der Waals surface area (Å²) in [5.41, 5.74) is 11.3. The molecule has 0 aliphatic heterocycles. The smallest absolute Gasteiger partial charge is 0.194 e. The monoisotopic (exact) mass is 535 g/mol. The van der Waals surface area contributed by atoms with Gasteiger partial charge < -0.3 is 30.7 Å². The van der Waals surface area contributed by atoms with Gasteiger partial charge in [-0.15, -0.1) is 0 Å². The Morgan fingerprint density at radius 3 is 2.44 bits per heavy atom. The van der Waals surface area contributed by atoms with Gasteiger partial charge in [0, 0.05) is 61.3 Å². The lowest BCUT2D eigenvalue weighted by atomic mass is 9.96. The highest BCUT2D eigenvalue weighted by molar-refractivity contribution is 6.12. The number of nitrogens with one attached hydrogen (secondary N) is 2. The lowest BCUT2D eigenvalue weighted by Crippen LogP contribution is -2.22. The Balaban J connectivity index is 1.87. The second-order valence-corrected chi connectivity index (χ2v) is 9.12. The largest absolute Gasteiger partial charge is 0.496 e. The fraction of sp³-hybridized carbons (Fsp3) is 0.333. The highest BCUT2D eigenvalue weighted by Gasteiger charge is 2.32. The summed E-state index contributed by atoms with van der Waals surface area (Å²) in [5, 5.41) is 6.28. The number of anilines is 3. The standard InChI is InChI=1S/C30H38FN5O3/c1-9-36(10-2)21-11-12-24(23(32)14-21)35-19(5)34-16-20-13-22(29(33-6)17(20)3)30(37)27-18(4)25(38-7)15-26(39-8)28(27)31/h11-12,14-16,33H,3,9-10,13,32H2,1-2,4-8H3,(H,34,35)/b20-16-. The zero-order valence-corrected chi connectivity index (χ0v) is 23.8. The van der Waals surface area contributed by atoms with Crippen LogP contribution in [0, 0.1) is 12.7 Å². The number of ketones is 1. The number of benzene rings is 2. The number of carbonyl (C=O) groups is 1. The van der Waals surface area contributed by atoms with Crippen LogP contribution in [0.1, 0.15) is 43.1 Å². The summed E-state index contributed by atoms with van der Waals surface area (Å²) in [6, 6.07) is 7.32. The molecule has 0 saturated carbocycles. The quantitative estimate of drug-likeness (QED) is 0.157. The molecule has 0 radical (unpaired) electrons. The number of halogens is 1. The average Bonchev–Trinajstić information content (AvgIpc) is 3.24. The Morgan fingerprint density at radius 2 is 1.87 bits per heavy atom. The van der Waals surface area contributed by atoms with Crippen molar-refractivity contribution in [1.82, 2.24) is 5.32 Å². The number of amidine groups is 1. The van der Waals surface area contributed by atoms with Crippen molar-refractivity contribution >= 4 is 28.7 Å². The van der Waals surface area contributed by atoms with E-state index in [0.29, 0.717) is 39.7 Å². The third kappa shape index (κ3) is 5.92. The number of allylic oxidation sites excluding steroid dienone is 2.